The first-order chi connectivity index (χ1) is 14.9. The third-order valence-corrected chi connectivity index (χ3v) is 5.85. The molecule has 1 aromatic carbocycles. The minimum Gasteiger partial charge on any atom is -0.496 e. The number of carbonyl (C=O) groups is 1. The van der Waals surface area contributed by atoms with E-state index in [1.807, 2.05) is 6.07 Å². The van der Waals surface area contributed by atoms with Gasteiger partial charge in [-0.15, -0.1) is 0 Å². The van der Waals surface area contributed by atoms with Gasteiger partial charge in [-0.1, -0.05) is 6.08 Å². The largest absolute Gasteiger partial charge is 0.496 e. The van der Waals surface area contributed by atoms with Crippen LogP contribution in [0.4, 0.5) is 4.39 Å². The Kier molecular flexibility index (Phi) is 5.78. The minimum absolute atomic E-state index is 0.104. The monoisotopic (exact) mass is 422 g/mol. The molecule has 1 atom stereocenters. The molecule has 0 saturated heterocycles. The van der Waals surface area contributed by atoms with E-state index in [9.17, 15) is 9.18 Å². The Morgan fingerprint density at radius 3 is 2.81 bits per heavy atom. The van der Waals surface area contributed by atoms with Crippen LogP contribution in [0.3, 0.4) is 0 Å². The fourth-order valence-corrected chi connectivity index (χ4v) is 4.04. The number of halogens is 1. The third-order valence-electron chi connectivity index (χ3n) is 5.85. The molecule has 0 radical (unpaired) electrons. The molecule has 162 valence electrons. The van der Waals surface area contributed by atoms with E-state index >= 15 is 0 Å². The fraction of sp³-hybridized carbons (Fsp3) is 0.333. The molecule has 4 rings (SSSR count). The number of carbonyl (C=O) groups excluding carboxylic acids is 1. The minimum atomic E-state index is -0.312. The molecule has 0 fully saturated rings. The molecular weight excluding hydrogens is 395 g/mol. The topological polar surface area (TPSA) is 61.5 Å². The highest BCUT2D eigenvalue weighted by Crippen LogP contribution is 2.36. The summed E-state index contributed by atoms with van der Waals surface area (Å²) in [5.74, 6) is 0.406. The van der Waals surface area contributed by atoms with Crippen LogP contribution in [0.1, 0.15) is 19.0 Å². The average Bonchev–Trinajstić information content (AvgIpc) is 3.19. The van der Waals surface area contributed by atoms with E-state index in [0.29, 0.717) is 17.9 Å². The Morgan fingerprint density at radius 1 is 1.29 bits per heavy atom. The number of methoxy groups -OCH3 is 1. The second kappa shape index (κ2) is 8.51. The summed E-state index contributed by atoms with van der Waals surface area (Å²) >= 11 is 0. The van der Waals surface area contributed by atoms with Crippen molar-refractivity contribution in [1.29, 1.82) is 0 Å². The number of nitrogens with one attached hydrogen (secondary N) is 1. The second-order valence-corrected chi connectivity index (χ2v) is 8.09. The highest BCUT2D eigenvalue weighted by atomic mass is 19.1. The number of fused-ring (bicyclic) bond motifs is 1. The number of nitrogens with zero attached hydrogens (tertiary/aromatic N) is 3. The number of rotatable bonds is 5. The quantitative estimate of drug-likeness (QED) is 0.677. The van der Waals surface area contributed by atoms with Crippen LogP contribution in [-0.2, 0) is 4.79 Å². The number of likely N-dealkylation sites (N-methyl/N-ethyl adjacent to an activating group) is 1. The van der Waals surface area contributed by atoms with Crippen molar-refractivity contribution in [2.45, 2.75) is 19.4 Å². The van der Waals surface area contributed by atoms with Gasteiger partial charge in [-0.3, -0.25) is 9.69 Å². The first kappa shape index (κ1) is 21.1. The van der Waals surface area contributed by atoms with Crippen LogP contribution in [-0.4, -0.2) is 66.0 Å². The molecule has 0 bridgehead atoms. The maximum absolute atomic E-state index is 14.0. The molecule has 3 heterocycles. The Morgan fingerprint density at radius 2 is 2.10 bits per heavy atom. The van der Waals surface area contributed by atoms with Crippen LogP contribution in [0.2, 0.25) is 0 Å². The Balaban J connectivity index is 1.68. The Bertz CT molecular complexity index is 1150. The predicted octanol–water partition coefficient (Wildman–Crippen LogP) is 3.94. The summed E-state index contributed by atoms with van der Waals surface area (Å²) in [7, 11) is 5.14. The molecule has 31 heavy (non-hydrogen) atoms. The molecule has 0 aliphatic carbocycles. The molecule has 6 nitrogen and oxygen atoms in total. The molecule has 1 amide bonds. The zero-order chi connectivity index (χ0) is 22.1. The lowest BCUT2D eigenvalue weighted by Gasteiger charge is -2.32. The average molecular weight is 423 g/mol. The maximum atomic E-state index is 14.0. The number of ether oxygens (including phenoxy) is 1. The van der Waals surface area contributed by atoms with E-state index in [-0.39, 0.29) is 17.8 Å². The summed E-state index contributed by atoms with van der Waals surface area (Å²) in [6.07, 6.45) is 4.74. The number of H-pyrrole nitrogens is 1. The fourth-order valence-electron chi connectivity index (χ4n) is 4.04. The molecular formula is C24H27FN4O2. The Hall–Kier alpha value is -3.19. The first-order valence-electron chi connectivity index (χ1n) is 10.3. The van der Waals surface area contributed by atoms with Crippen molar-refractivity contribution < 1.29 is 13.9 Å². The molecule has 0 saturated carbocycles. The van der Waals surface area contributed by atoms with Crippen molar-refractivity contribution in [2.75, 3.05) is 34.3 Å². The molecule has 1 N–H and O–H groups in total. The smallest absolute Gasteiger partial charge is 0.236 e. The number of hydrogen-bond acceptors (Lipinski definition) is 4. The van der Waals surface area contributed by atoms with E-state index in [2.05, 4.69) is 33.9 Å². The zero-order valence-electron chi connectivity index (χ0n) is 18.3. The third kappa shape index (κ3) is 4.18. The summed E-state index contributed by atoms with van der Waals surface area (Å²) in [5, 5.41) is 0.917. The summed E-state index contributed by atoms with van der Waals surface area (Å²) in [6.45, 7) is 3.32. The maximum Gasteiger partial charge on any atom is 0.236 e. The van der Waals surface area contributed by atoms with Crippen LogP contribution >= 0.6 is 0 Å². The van der Waals surface area contributed by atoms with Gasteiger partial charge in [0, 0.05) is 49.5 Å². The van der Waals surface area contributed by atoms with Crippen LogP contribution in [0.5, 0.6) is 5.75 Å². The van der Waals surface area contributed by atoms with Crippen molar-refractivity contribution >= 4 is 22.5 Å². The first-order valence-corrected chi connectivity index (χ1v) is 10.3. The second-order valence-electron chi connectivity index (χ2n) is 8.09. The normalized spacial score (nSPS) is 16.9. The number of aromatic nitrogens is 2. The van der Waals surface area contributed by atoms with Crippen molar-refractivity contribution in [1.82, 2.24) is 19.8 Å². The number of benzene rings is 1. The van der Waals surface area contributed by atoms with Gasteiger partial charge in [-0.05, 0) is 54.8 Å². The van der Waals surface area contributed by atoms with Gasteiger partial charge < -0.3 is 14.6 Å². The van der Waals surface area contributed by atoms with Gasteiger partial charge >= 0.3 is 0 Å². The molecule has 2 aromatic heterocycles. The summed E-state index contributed by atoms with van der Waals surface area (Å²) in [6, 6.07) is 8.62. The number of hydrogen-bond donors (Lipinski definition) is 1. The standard InChI is InChI=1S/C24H27FN4O2/c1-15-11-16(8-10-29(15)14-23(30)28(2)3)21-13-20-18(7-9-26-24(20)27-21)19-12-17(25)5-6-22(19)31-4/h5-7,9,11-13,15H,8,10,14H2,1-4H3,(H,26,27)/t15-/m0/s1. The van der Waals surface area contributed by atoms with Crippen LogP contribution < -0.4 is 4.74 Å². The highest BCUT2D eigenvalue weighted by molar-refractivity contribution is 5.96. The zero-order valence-corrected chi connectivity index (χ0v) is 18.3. The van der Waals surface area contributed by atoms with Gasteiger partial charge in [0.05, 0.1) is 13.7 Å². The van der Waals surface area contributed by atoms with E-state index in [0.717, 1.165) is 35.3 Å². The molecule has 0 unspecified atom stereocenters. The van der Waals surface area contributed by atoms with Crippen molar-refractivity contribution in [2.24, 2.45) is 0 Å². The number of aromatic amines is 1. The van der Waals surface area contributed by atoms with Gasteiger partial charge in [0.25, 0.3) is 0 Å². The van der Waals surface area contributed by atoms with E-state index in [4.69, 9.17) is 4.74 Å². The summed E-state index contributed by atoms with van der Waals surface area (Å²) in [4.78, 5) is 23.8. The van der Waals surface area contributed by atoms with E-state index in [1.165, 1.54) is 17.7 Å². The van der Waals surface area contributed by atoms with Gasteiger partial charge in [0.15, 0.2) is 0 Å². The SMILES string of the molecule is COc1ccc(F)cc1-c1ccnc2[nH]c(C3=C[C@H](C)N(CC(=O)N(C)C)CC3)cc12. The van der Waals surface area contributed by atoms with Crippen molar-refractivity contribution in [3.8, 4) is 16.9 Å². The van der Waals surface area contributed by atoms with Crippen LogP contribution in [0.25, 0.3) is 27.7 Å². The number of pyridine rings is 1. The van der Waals surface area contributed by atoms with Crippen LogP contribution in [0.15, 0.2) is 42.6 Å². The van der Waals surface area contributed by atoms with E-state index in [1.54, 1.807) is 38.4 Å². The lowest BCUT2D eigenvalue weighted by molar-refractivity contribution is -0.130. The predicted molar refractivity (Wildman–Crippen MR) is 120 cm³/mol. The molecule has 3 aromatic rings. The van der Waals surface area contributed by atoms with Gasteiger partial charge in [0.1, 0.15) is 17.2 Å². The lowest BCUT2D eigenvalue weighted by atomic mass is 9.99. The summed E-state index contributed by atoms with van der Waals surface area (Å²) < 4.78 is 19.4. The molecule has 7 heteroatoms. The van der Waals surface area contributed by atoms with E-state index < -0.39 is 0 Å². The van der Waals surface area contributed by atoms with Crippen molar-refractivity contribution in [3.63, 3.8) is 0 Å². The molecule has 1 aliphatic rings. The summed E-state index contributed by atoms with van der Waals surface area (Å²) in [5.41, 5.74) is 4.50. The van der Waals surface area contributed by atoms with Crippen LogP contribution in [0, 0.1) is 5.82 Å². The van der Waals surface area contributed by atoms with Gasteiger partial charge in [0.2, 0.25) is 5.91 Å². The molecule has 1 aliphatic heterocycles. The number of amides is 1. The lowest BCUT2D eigenvalue weighted by Crippen LogP contribution is -2.43. The highest BCUT2D eigenvalue weighted by Gasteiger charge is 2.23. The molecule has 0 spiro atoms. The van der Waals surface area contributed by atoms with Gasteiger partial charge in [-0.25, -0.2) is 9.37 Å². The van der Waals surface area contributed by atoms with Crippen molar-refractivity contribution in [3.05, 3.63) is 54.1 Å². The van der Waals surface area contributed by atoms with Gasteiger partial charge in [-0.2, -0.15) is 0 Å². The Labute approximate surface area is 181 Å².